The van der Waals surface area contributed by atoms with Gasteiger partial charge in [0.1, 0.15) is 5.75 Å². The first-order valence-corrected chi connectivity index (χ1v) is 9.33. The summed E-state index contributed by atoms with van der Waals surface area (Å²) < 4.78 is 5.28. The van der Waals surface area contributed by atoms with Gasteiger partial charge in [0.15, 0.2) is 0 Å². The average Bonchev–Trinajstić information content (AvgIpc) is 2.73. The summed E-state index contributed by atoms with van der Waals surface area (Å²) in [6, 6.07) is 23.4. The van der Waals surface area contributed by atoms with Gasteiger partial charge in [0.25, 0.3) is 5.69 Å². The molecule has 5 nitrogen and oxygen atoms in total. The van der Waals surface area contributed by atoms with Gasteiger partial charge in [0.05, 0.1) is 23.6 Å². The fourth-order valence-corrected chi connectivity index (χ4v) is 4.25. The van der Waals surface area contributed by atoms with Crippen molar-refractivity contribution < 1.29 is 9.66 Å². The number of methoxy groups -OCH3 is 1. The molecule has 5 heteroatoms. The van der Waals surface area contributed by atoms with Gasteiger partial charge in [-0.1, -0.05) is 55.5 Å². The van der Waals surface area contributed by atoms with Crippen LogP contribution in [-0.4, -0.2) is 12.0 Å². The zero-order valence-electron chi connectivity index (χ0n) is 15.8. The SMILES string of the molecule is COc1ccc([C@@H]2c3c(cccc3[N+](=O)[O-])N[C@H](c3ccccc3)[C@H]2C)cc1. The van der Waals surface area contributed by atoms with Gasteiger partial charge in [-0.2, -0.15) is 0 Å². The lowest BCUT2D eigenvalue weighted by Crippen LogP contribution is -2.31. The lowest BCUT2D eigenvalue weighted by atomic mass is 9.72. The number of fused-ring (bicyclic) bond motifs is 1. The van der Waals surface area contributed by atoms with Crippen molar-refractivity contribution in [2.75, 3.05) is 12.4 Å². The van der Waals surface area contributed by atoms with Gasteiger partial charge >= 0.3 is 0 Å². The highest BCUT2D eigenvalue weighted by atomic mass is 16.6. The molecule has 4 rings (SSSR count). The Morgan fingerprint density at radius 2 is 1.64 bits per heavy atom. The molecule has 3 aromatic rings. The van der Waals surface area contributed by atoms with E-state index in [0.29, 0.717) is 0 Å². The van der Waals surface area contributed by atoms with Crippen LogP contribution in [0.1, 0.15) is 35.6 Å². The summed E-state index contributed by atoms with van der Waals surface area (Å²) in [6.45, 7) is 2.15. The van der Waals surface area contributed by atoms with Gasteiger partial charge in [-0.3, -0.25) is 10.1 Å². The molecular formula is C23H22N2O3. The molecule has 0 aliphatic carbocycles. The van der Waals surface area contributed by atoms with E-state index in [1.807, 2.05) is 48.5 Å². The van der Waals surface area contributed by atoms with Crippen LogP contribution in [0.15, 0.2) is 72.8 Å². The van der Waals surface area contributed by atoms with Gasteiger partial charge in [0, 0.05) is 17.7 Å². The van der Waals surface area contributed by atoms with Crippen LogP contribution < -0.4 is 10.1 Å². The molecule has 1 aliphatic rings. The van der Waals surface area contributed by atoms with Gasteiger partial charge in [-0.25, -0.2) is 0 Å². The molecule has 3 atom stereocenters. The van der Waals surface area contributed by atoms with Crippen molar-refractivity contribution in [2.24, 2.45) is 5.92 Å². The maximum Gasteiger partial charge on any atom is 0.275 e. The predicted octanol–water partition coefficient (Wildman–Crippen LogP) is 5.54. The minimum atomic E-state index is -0.285. The van der Waals surface area contributed by atoms with Crippen molar-refractivity contribution in [2.45, 2.75) is 18.9 Å². The molecule has 1 N–H and O–H groups in total. The van der Waals surface area contributed by atoms with Gasteiger partial charge < -0.3 is 10.1 Å². The zero-order valence-corrected chi connectivity index (χ0v) is 15.8. The zero-order chi connectivity index (χ0) is 19.7. The van der Waals surface area contributed by atoms with E-state index < -0.39 is 0 Å². The highest BCUT2D eigenvalue weighted by Crippen LogP contribution is 2.50. The van der Waals surface area contributed by atoms with Crippen LogP contribution in [0.3, 0.4) is 0 Å². The number of nitro benzene ring substituents is 1. The minimum absolute atomic E-state index is 0.0582. The molecule has 3 aromatic carbocycles. The minimum Gasteiger partial charge on any atom is -0.497 e. The summed E-state index contributed by atoms with van der Waals surface area (Å²) in [7, 11) is 1.63. The molecule has 0 saturated heterocycles. The molecule has 0 amide bonds. The molecule has 0 aromatic heterocycles. The van der Waals surface area contributed by atoms with Crippen LogP contribution in [0.2, 0.25) is 0 Å². The van der Waals surface area contributed by atoms with Crippen LogP contribution in [-0.2, 0) is 0 Å². The summed E-state index contributed by atoms with van der Waals surface area (Å²) in [6.07, 6.45) is 0. The van der Waals surface area contributed by atoms with Gasteiger partial charge in [-0.05, 0) is 35.2 Å². The first-order chi connectivity index (χ1) is 13.6. The first-order valence-electron chi connectivity index (χ1n) is 9.33. The Kier molecular flexibility index (Phi) is 4.74. The number of nitrogens with zero attached hydrogens (tertiary/aromatic N) is 1. The Labute approximate surface area is 164 Å². The van der Waals surface area contributed by atoms with E-state index >= 15 is 0 Å². The monoisotopic (exact) mass is 374 g/mol. The number of hydrogen-bond donors (Lipinski definition) is 1. The fraction of sp³-hybridized carbons (Fsp3) is 0.217. The molecule has 0 bridgehead atoms. The van der Waals surface area contributed by atoms with E-state index in [9.17, 15) is 10.1 Å². The van der Waals surface area contributed by atoms with E-state index in [2.05, 4.69) is 24.4 Å². The second kappa shape index (κ2) is 7.35. The van der Waals surface area contributed by atoms with Crippen LogP contribution in [0.25, 0.3) is 0 Å². The van der Waals surface area contributed by atoms with Crippen molar-refractivity contribution in [3.05, 3.63) is 99.6 Å². The molecule has 1 heterocycles. The molecule has 0 fully saturated rings. The van der Waals surface area contributed by atoms with Gasteiger partial charge in [-0.15, -0.1) is 0 Å². The van der Waals surface area contributed by atoms with Crippen molar-refractivity contribution in [1.82, 2.24) is 0 Å². The number of nitrogens with one attached hydrogen (secondary N) is 1. The quantitative estimate of drug-likeness (QED) is 0.481. The van der Waals surface area contributed by atoms with Crippen molar-refractivity contribution in [3.63, 3.8) is 0 Å². The summed E-state index contributed by atoms with van der Waals surface area (Å²) in [5.74, 6) is 0.783. The molecule has 0 saturated carbocycles. The number of ether oxygens (including phenoxy) is 1. The Morgan fingerprint density at radius 1 is 0.929 bits per heavy atom. The van der Waals surface area contributed by atoms with E-state index in [4.69, 9.17) is 4.74 Å². The third-order valence-corrected chi connectivity index (χ3v) is 5.59. The van der Waals surface area contributed by atoms with E-state index in [0.717, 1.165) is 22.6 Å². The predicted molar refractivity (Wildman–Crippen MR) is 110 cm³/mol. The van der Waals surface area contributed by atoms with Crippen molar-refractivity contribution in [1.29, 1.82) is 0 Å². The standard InChI is InChI=1S/C23H22N2O3/c1-15-21(16-11-13-18(28-2)14-12-16)22-19(9-6-10-20(22)25(26)27)24-23(15)17-7-4-3-5-8-17/h3-15,21,23-24H,1-2H3/t15-,21+,23-/m0/s1. The van der Waals surface area contributed by atoms with E-state index in [-0.39, 0.29) is 28.5 Å². The largest absolute Gasteiger partial charge is 0.497 e. The second-order valence-corrected chi connectivity index (χ2v) is 7.14. The van der Waals surface area contributed by atoms with Crippen LogP contribution in [0, 0.1) is 16.0 Å². The fourth-order valence-electron chi connectivity index (χ4n) is 4.25. The molecule has 142 valence electrons. The Morgan fingerprint density at radius 3 is 2.29 bits per heavy atom. The van der Waals surface area contributed by atoms with Gasteiger partial charge in [0.2, 0.25) is 0 Å². The Balaban J connectivity index is 1.89. The lowest BCUT2D eigenvalue weighted by Gasteiger charge is -2.39. The number of hydrogen-bond acceptors (Lipinski definition) is 4. The highest BCUT2D eigenvalue weighted by Gasteiger charge is 2.39. The molecule has 0 unspecified atom stereocenters. The maximum absolute atomic E-state index is 11.8. The van der Waals surface area contributed by atoms with Crippen molar-refractivity contribution in [3.8, 4) is 5.75 Å². The topological polar surface area (TPSA) is 64.4 Å². The number of benzene rings is 3. The first kappa shape index (κ1) is 18.0. The molecular weight excluding hydrogens is 352 g/mol. The number of anilines is 1. The summed E-state index contributed by atoms with van der Waals surface area (Å²) in [5, 5.41) is 15.3. The Hall–Kier alpha value is -3.34. The number of nitro groups is 1. The normalized spacial score (nSPS) is 20.7. The maximum atomic E-state index is 11.8. The third kappa shape index (κ3) is 3.09. The Bertz CT molecular complexity index is 986. The van der Waals surface area contributed by atoms with Crippen molar-refractivity contribution >= 4 is 11.4 Å². The average molecular weight is 374 g/mol. The van der Waals surface area contributed by atoms with Crippen LogP contribution >= 0.6 is 0 Å². The van der Waals surface area contributed by atoms with Crippen LogP contribution in [0.5, 0.6) is 5.75 Å². The summed E-state index contributed by atoms with van der Waals surface area (Å²) >= 11 is 0. The van der Waals surface area contributed by atoms with Crippen LogP contribution in [0.4, 0.5) is 11.4 Å². The molecule has 1 aliphatic heterocycles. The molecule has 0 spiro atoms. The second-order valence-electron chi connectivity index (χ2n) is 7.14. The summed E-state index contributed by atoms with van der Waals surface area (Å²) in [5.41, 5.74) is 3.94. The highest BCUT2D eigenvalue weighted by molar-refractivity contribution is 5.67. The third-order valence-electron chi connectivity index (χ3n) is 5.59. The number of rotatable bonds is 4. The smallest absolute Gasteiger partial charge is 0.275 e. The lowest BCUT2D eigenvalue weighted by molar-refractivity contribution is -0.385. The summed E-state index contributed by atoms with van der Waals surface area (Å²) in [4.78, 5) is 11.5. The van der Waals surface area contributed by atoms with E-state index in [1.54, 1.807) is 19.2 Å². The molecule has 28 heavy (non-hydrogen) atoms. The molecule has 0 radical (unpaired) electrons. The van der Waals surface area contributed by atoms with E-state index in [1.165, 1.54) is 5.56 Å².